The van der Waals surface area contributed by atoms with Gasteiger partial charge in [0.15, 0.2) is 11.0 Å². The van der Waals surface area contributed by atoms with Crippen LogP contribution in [0.5, 0.6) is 0 Å². The lowest BCUT2D eigenvalue weighted by Crippen LogP contribution is -2.14. The smallest absolute Gasteiger partial charge is 0.234 e. The van der Waals surface area contributed by atoms with Crippen molar-refractivity contribution in [2.75, 3.05) is 11.1 Å². The lowest BCUT2D eigenvalue weighted by molar-refractivity contribution is -0.113. The molecule has 5 nitrogen and oxygen atoms in total. The zero-order valence-electron chi connectivity index (χ0n) is 14.9. The van der Waals surface area contributed by atoms with Gasteiger partial charge < -0.3 is 9.88 Å². The third-order valence-corrected chi connectivity index (χ3v) is 5.22. The Morgan fingerprint density at radius 3 is 2.41 bits per heavy atom. The van der Waals surface area contributed by atoms with Crippen molar-refractivity contribution in [3.05, 3.63) is 58.1 Å². The van der Waals surface area contributed by atoms with E-state index in [1.165, 1.54) is 17.3 Å². The maximum Gasteiger partial charge on any atom is 0.234 e. The van der Waals surface area contributed by atoms with E-state index >= 15 is 0 Å². The summed E-state index contributed by atoms with van der Waals surface area (Å²) in [5, 5.41) is 13.0. The minimum atomic E-state index is -0.166. The summed E-state index contributed by atoms with van der Waals surface area (Å²) in [7, 11) is 0. The highest BCUT2D eigenvalue weighted by atomic mass is 35.5. The first-order chi connectivity index (χ1) is 13.0. The first kappa shape index (κ1) is 19.7. The number of benzene rings is 2. The van der Waals surface area contributed by atoms with Gasteiger partial charge in [-0.15, -0.1) is 10.2 Å². The monoisotopic (exact) mass is 420 g/mol. The van der Waals surface area contributed by atoms with Crippen molar-refractivity contribution in [1.29, 1.82) is 0 Å². The number of rotatable bonds is 6. The Hall–Kier alpha value is -2.02. The van der Waals surface area contributed by atoms with Crippen molar-refractivity contribution < 1.29 is 4.79 Å². The van der Waals surface area contributed by atoms with Crippen molar-refractivity contribution in [3.63, 3.8) is 0 Å². The van der Waals surface area contributed by atoms with Gasteiger partial charge in [-0.2, -0.15) is 0 Å². The van der Waals surface area contributed by atoms with Crippen LogP contribution in [0.2, 0.25) is 10.0 Å². The number of halogens is 2. The molecule has 0 unspecified atom stereocenters. The predicted octanol–water partition coefficient (Wildman–Crippen LogP) is 5.31. The molecule has 0 aliphatic heterocycles. The average Bonchev–Trinajstić information content (AvgIpc) is 3.02. The van der Waals surface area contributed by atoms with Crippen molar-refractivity contribution in [1.82, 2.24) is 14.8 Å². The number of thioether (sulfide) groups is 1. The van der Waals surface area contributed by atoms with E-state index in [0.717, 1.165) is 11.4 Å². The standard InChI is InChI=1S/C19H18Cl2N4OS/c1-3-25-18(13-6-4-12(2)5-7-13)23-24-19(25)27-11-17(26)22-16-9-14(20)8-15(21)10-16/h4-10H,3,11H2,1-2H3,(H,22,26). The van der Waals surface area contributed by atoms with Crippen LogP contribution in [0.25, 0.3) is 11.4 Å². The summed E-state index contributed by atoms with van der Waals surface area (Å²) >= 11 is 13.2. The number of nitrogens with one attached hydrogen (secondary N) is 1. The molecule has 3 aromatic rings. The van der Waals surface area contributed by atoms with E-state index in [4.69, 9.17) is 23.2 Å². The number of carbonyl (C=O) groups excluding carboxylic acids is 1. The second-order valence-electron chi connectivity index (χ2n) is 5.91. The molecule has 0 fully saturated rings. The number of carbonyl (C=O) groups is 1. The number of amides is 1. The maximum atomic E-state index is 12.2. The molecule has 1 heterocycles. The van der Waals surface area contributed by atoms with Crippen LogP contribution < -0.4 is 5.32 Å². The predicted molar refractivity (Wildman–Crippen MR) is 112 cm³/mol. The molecule has 0 atom stereocenters. The van der Waals surface area contributed by atoms with Gasteiger partial charge in [-0.05, 0) is 32.0 Å². The molecule has 1 N–H and O–H groups in total. The molecule has 0 bridgehead atoms. The summed E-state index contributed by atoms with van der Waals surface area (Å²) in [4.78, 5) is 12.2. The highest BCUT2D eigenvalue weighted by Crippen LogP contribution is 2.25. The van der Waals surface area contributed by atoms with E-state index in [0.29, 0.717) is 27.4 Å². The Labute approximate surface area is 172 Å². The van der Waals surface area contributed by atoms with Crippen LogP contribution >= 0.6 is 35.0 Å². The van der Waals surface area contributed by atoms with E-state index < -0.39 is 0 Å². The second-order valence-corrected chi connectivity index (χ2v) is 7.73. The summed E-state index contributed by atoms with van der Waals surface area (Å²) in [6, 6.07) is 13.1. The fourth-order valence-corrected chi connectivity index (χ4v) is 3.88. The number of aryl methyl sites for hydroxylation is 1. The fourth-order valence-electron chi connectivity index (χ4n) is 2.55. The molecule has 0 saturated heterocycles. The van der Waals surface area contributed by atoms with Crippen molar-refractivity contribution >= 4 is 46.6 Å². The molecule has 3 rings (SSSR count). The van der Waals surface area contributed by atoms with E-state index in [-0.39, 0.29) is 11.7 Å². The third kappa shape index (κ3) is 5.03. The average molecular weight is 421 g/mol. The Bertz CT molecular complexity index is 937. The Balaban J connectivity index is 1.69. The highest BCUT2D eigenvalue weighted by molar-refractivity contribution is 7.99. The van der Waals surface area contributed by atoms with Crippen molar-refractivity contribution in [2.24, 2.45) is 0 Å². The number of nitrogens with zero attached hydrogens (tertiary/aromatic N) is 3. The zero-order chi connectivity index (χ0) is 19.4. The van der Waals surface area contributed by atoms with Gasteiger partial charge in [0.2, 0.25) is 5.91 Å². The number of hydrogen-bond acceptors (Lipinski definition) is 4. The largest absolute Gasteiger partial charge is 0.325 e. The molecule has 0 radical (unpaired) electrons. The van der Waals surface area contributed by atoms with Crippen molar-refractivity contribution in [2.45, 2.75) is 25.5 Å². The summed E-state index contributed by atoms with van der Waals surface area (Å²) in [5.41, 5.74) is 2.75. The zero-order valence-corrected chi connectivity index (χ0v) is 17.2. The Kier molecular flexibility index (Phi) is 6.42. The number of aromatic nitrogens is 3. The van der Waals surface area contributed by atoms with Gasteiger partial charge in [0.25, 0.3) is 0 Å². The van der Waals surface area contributed by atoms with Gasteiger partial charge in [-0.3, -0.25) is 4.79 Å². The molecule has 0 saturated carbocycles. The SMILES string of the molecule is CCn1c(SCC(=O)Nc2cc(Cl)cc(Cl)c2)nnc1-c1ccc(C)cc1. The topological polar surface area (TPSA) is 59.8 Å². The molecular formula is C19H18Cl2N4OS. The number of hydrogen-bond donors (Lipinski definition) is 1. The Morgan fingerprint density at radius 1 is 1.11 bits per heavy atom. The quantitative estimate of drug-likeness (QED) is 0.548. The summed E-state index contributed by atoms with van der Waals surface area (Å²) in [5.74, 6) is 0.832. The third-order valence-electron chi connectivity index (χ3n) is 3.82. The van der Waals surface area contributed by atoms with Gasteiger partial charge in [0.1, 0.15) is 0 Å². The van der Waals surface area contributed by atoms with Gasteiger partial charge in [0.05, 0.1) is 5.75 Å². The van der Waals surface area contributed by atoms with Crippen LogP contribution in [-0.4, -0.2) is 26.4 Å². The molecule has 0 aliphatic rings. The van der Waals surface area contributed by atoms with Gasteiger partial charge >= 0.3 is 0 Å². The molecule has 140 valence electrons. The Morgan fingerprint density at radius 2 is 1.78 bits per heavy atom. The molecule has 27 heavy (non-hydrogen) atoms. The minimum Gasteiger partial charge on any atom is -0.325 e. The van der Waals surface area contributed by atoms with Crippen LogP contribution in [0.3, 0.4) is 0 Å². The molecular weight excluding hydrogens is 403 g/mol. The second kappa shape index (κ2) is 8.78. The molecule has 8 heteroatoms. The summed E-state index contributed by atoms with van der Waals surface area (Å²) in [6.07, 6.45) is 0. The van der Waals surface area contributed by atoms with E-state index in [9.17, 15) is 4.79 Å². The number of anilines is 1. The molecule has 0 spiro atoms. The van der Waals surface area contributed by atoms with Gasteiger partial charge in [-0.1, -0.05) is 64.8 Å². The molecule has 0 aliphatic carbocycles. The van der Waals surface area contributed by atoms with Crippen molar-refractivity contribution in [3.8, 4) is 11.4 Å². The lowest BCUT2D eigenvalue weighted by Gasteiger charge is -2.08. The van der Waals surface area contributed by atoms with E-state index in [2.05, 4.69) is 15.5 Å². The normalized spacial score (nSPS) is 10.8. The fraction of sp³-hybridized carbons (Fsp3) is 0.211. The highest BCUT2D eigenvalue weighted by Gasteiger charge is 2.14. The summed E-state index contributed by atoms with van der Waals surface area (Å²) < 4.78 is 2.00. The minimum absolute atomic E-state index is 0.166. The van der Waals surface area contributed by atoms with Crippen LogP contribution in [0.1, 0.15) is 12.5 Å². The molecule has 2 aromatic carbocycles. The first-order valence-electron chi connectivity index (χ1n) is 8.35. The van der Waals surface area contributed by atoms with Gasteiger partial charge in [0, 0.05) is 27.8 Å². The van der Waals surface area contributed by atoms with Crippen LogP contribution in [0.15, 0.2) is 47.6 Å². The molecule has 1 amide bonds. The summed E-state index contributed by atoms with van der Waals surface area (Å²) in [6.45, 7) is 4.78. The molecule has 1 aromatic heterocycles. The maximum absolute atomic E-state index is 12.2. The van der Waals surface area contributed by atoms with Gasteiger partial charge in [-0.25, -0.2) is 0 Å². The van der Waals surface area contributed by atoms with E-state index in [1.54, 1.807) is 18.2 Å². The van der Waals surface area contributed by atoms with Crippen LogP contribution in [-0.2, 0) is 11.3 Å². The van der Waals surface area contributed by atoms with Crippen LogP contribution in [0, 0.1) is 6.92 Å². The lowest BCUT2D eigenvalue weighted by atomic mass is 10.1. The van der Waals surface area contributed by atoms with Crippen LogP contribution in [0.4, 0.5) is 5.69 Å². The first-order valence-corrected chi connectivity index (χ1v) is 10.1. The van der Waals surface area contributed by atoms with E-state index in [1.807, 2.05) is 42.7 Å².